The van der Waals surface area contributed by atoms with Gasteiger partial charge in [0.05, 0.1) is 18.8 Å². The molecule has 0 spiro atoms. The molecule has 1 aromatic rings. The Morgan fingerprint density at radius 3 is 2.68 bits per heavy atom. The van der Waals surface area contributed by atoms with E-state index in [1.807, 2.05) is 12.1 Å². The van der Waals surface area contributed by atoms with E-state index in [0.29, 0.717) is 12.6 Å². The van der Waals surface area contributed by atoms with Crippen molar-refractivity contribution in [3.05, 3.63) is 24.2 Å². The minimum absolute atomic E-state index is 0. The van der Waals surface area contributed by atoms with Gasteiger partial charge in [0.1, 0.15) is 5.76 Å². The Bertz CT molecular complexity index is 427. The number of nitrogens with zero attached hydrogens (tertiary/aromatic N) is 2. The maximum absolute atomic E-state index is 5.53. The number of hydrogen-bond donors (Lipinski definition) is 2. The molecule has 1 heterocycles. The molecule has 0 radical (unpaired) electrons. The molecule has 2 N–H and O–H groups in total. The Balaban J connectivity index is 0.00000242. The summed E-state index contributed by atoms with van der Waals surface area (Å²) >= 11 is 0. The molecule has 2 rings (SSSR count). The molecule has 1 saturated carbocycles. The first-order valence-electron chi connectivity index (χ1n) is 7.95. The highest BCUT2D eigenvalue weighted by atomic mass is 127. The van der Waals surface area contributed by atoms with Crippen molar-refractivity contribution >= 4 is 29.9 Å². The summed E-state index contributed by atoms with van der Waals surface area (Å²) in [5.41, 5.74) is 0. The average Bonchev–Trinajstić information content (AvgIpc) is 3.11. The Morgan fingerprint density at radius 1 is 1.41 bits per heavy atom. The minimum atomic E-state index is 0. The zero-order valence-corrected chi connectivity index (χ0v) is 16.2. The van der Waals surface area contributed by atoms with E-state index in [4.69, 9.17) is 9.41 Å². The summed E-state index contributed by atoms with van der Waals surface area (Å²) in [6, 6.07) is 4.68. The summed E-state index contributed by atoms with van der Waals surface area (Å²) in [5, 5.41) is 6.89. The van der Waals surface area contributed by atoms with Crippen molar-refractivity contribution in [2.75, 3.05) is 27.2 Å². The Hall–Kier alpha value is -0.760. The van der Waals surface area contributed by atoms with Gasteiger partial charge in [-0.1, -0.05) is 12.8 Å². The van der Waals surface area contributed by atoms with Crippen LogP contribution in [0.1, 0.15) is 44.4 Å². The predicted molar refractivity (Wildman–Crippen MR) is 102 cm³/mol. The van der Waals surface area contributed by atoms with Crippen LogP contribution >= 0.6 is 24.0 Å². The molecule has 1 aliphatic carbocycles. The Morgan fingerprint density at radius 2 is 2.14 bits per heavy atom. The van der Waals surface area contributed by atoms with Crippen LogP contribution in [0, 0.1) is 0 Å². The average molecular weight is 420 g/mol. The lowest BCUT2D eigenvalue weighted by atomic mass is 10.2. The quantitative estimate of drug-likeness (QED) is 0.422. The topological polar surface area (TPSA) is 52.8 Å². The van der Waals surface area contributed by atoms with E-state index in [-0.39, 0.29) is 30.0 Å². The SMILES string of the molecule is CCNC(=NCC(c1ccco1)N(C)C)NC1CCCC1.I. The standard InChI is InChI=1S/C16H28N4O.HI/c1-4-17-16(19-13-8-5-6-9-13)18-12-14(20(2)3)15-10-7-11-21-15;/h7,10-11,13-14H,4-6,8-9,12H2,1-3H3,(H2,17,18,19);1H. The molecule has 1 atom stereocenters. The second-order valence-electron chi connectivity index (χ2n) is 5.84. The fraction of sp³-hybridized carbons (Fsp3) is 0.688. The molecule has 22 heavy (non-hydrogen) atoms. The molecule has 5 nitrogen and oxygen atoms in total. The molecule has 0 bridgehead atoms. The van der Waals surface area contributed by atoms with Crippen LogP contribution in [0.5, 0.6) is 0 Å². The first-order valence-corrected chi connectivity index (χ1v) is 7.95. The lowest BCUT2D eigenvalue weighted by Crippen LogP contribution is -2.42. The van der Waals surface area contributed by atoms with Gasteiger partial charge < -0.3 is 15.1 Å². The molecule has 6 heteroatoms. The summed E-state index contributed by atoms with van der Waals surface area (Å²) in [5.74, 6) is 1.88. The highest BCUT2D eigenvalue weighted by Gasteiger charge is 2.18. The number of hydrogen-bond acceptors (Lipinski definition) is 3. The highest BCUT2D eigenvalue weighted by Crippen LogP contribution is 2.19. The van der Waals surface area contributed by atoms with E-state index in [1.165, 1.54) is 25.7 Å². The van der Waals surface area contributed by atoms with E-state index < -0.39 is 0 Å². The smallest absolute Gasteiger partial charge is 0.191 e. The number of nitrogens with one attached hydrogen (secondary N) is 2. The number of rotatable bonds is 6. The van der Waals surface area contributed by atoms with Gasteiger partial charge in [-0.05, 0) is 46.0 Å². The number of guanidine groups is 1. The van der Waals surface area contributed by atoms with Gasteiger partial charge in [0.15, 0.2) is 5.96 Å². The van der Waals surface area contributed by atoms with Crippen LogP contribution in [0.3, 0.4) is 0 Å². The van der Waals surface area contributed by atoms with Crippen molar-refractivity contribution in [3.63, 3.8) is 0 Å². The summed E-state index contributed by atoms with van der Waals surface area (Å²) in [6.07, 6.45) is 6.87. The Labute approximate surface area is 150 Å². The molecule has 1 aromatic heterocycles. The summed E-state index contributed by atoms with van der Waals surface area (Å²) < 4.78 is 5.53. The van der Waals surface area contributed by atoms with Crippen molar-refractivity contribution in [3.8, 4) is 0 Å². The van der Waals surface area contributed by atoms with Gasteiger partial charge in [0.2, 0.25) is 0 Å². The third-order valence-corrected chi connectivity index (χ3v) is 3.96. The zero-order valence-electron chi connectivity index (χ0n) is 13.8. The molecule has 0 aromatic carbocycles. The van der Waals surface area contributed by atoms with E-state index in [1.54, 1.807) is 6.26 Å². The fourth-order valence-corrected chi connectivity index (χ4v) is 2.75. The van der Waals surface area contributed by atoms with Gasteiger partial charge >= 0.3 is 0 Å². The van der Waals surface area contributed by atoms with Gasteiger partial charge in [-0.15, -0.1) is 24.0 Å². The van der Waals surface area contributed by atoms with Gasteiger partial charge in [-0.2, -0.15) is 0 Å². The number of likely N-dealkylation sites (N-methyl/N-ethyl adjacent to an activating group) is 1. The second-order valence-corrected chi connectivity index (χ2v) is 5.84. The number of halogens is 1. The lowest BCUT2D eigenvalue weighted by molar-refractivity contribution is 0.265. The molecule has 1 fully saturated rings. The normalized spacial score (nSPS) is 17.4. The molecule has 126 valence electrons. The predicted octanol–water partition coefficient (Wildman–Crippen LogP) is 3.00. The first-order chi connectivity index (χ1) is 10.2. The van der Waals surface area contributed by atoms with Crippen LogP contribution in [0.15, 0.2) is 27.8 Å². The second kappa shape index (κ2) is 10.1. The monoisotopic (exact) mass is 420 g/mol. The fourth-order valence-electron chi connectivity index (χ4n) is 2.75. The van der Waals surface area contributed by atoms with E-state index in [9.17, 15) is 0 Å². The zero-order chi connectivity index (χ0) is 15.1. The van der Waals surface area contributed by atoms with Crippen molar-refractivity contribution in [1.82, 2.24) is 15.5 Å². The molecular formula is C16H29IN4O. The molecule has 1 unspecified atom stereocenters. The summed E-state index contributed by atoms with van der Waals surface area (Å²) in [4.78, 5) is 6.89. The van der Waals surface area contributed by atoms with E-state index in [0.717, 1.165) is 18.3 Å². The molecule has 1 aliphatic rings. The number of furan rings is 1. The van der Waals surface area contributed by atoms with Crippen LogP contribution in [0.25, 0.3) is 0 Å². The number of aliphatic imine (C=N–C) groups is 1. The summed E-state index contributed by atoms with van der Waals surface area (Å²) in [7, 11) is 4.11. The minimum Gasteiger partial charge on any atom is -0.468 e. The molecular weight excluding hydrogens is 391 g/mol. The molecule has 0 saturated heterocycles. The van der Waals surface area contributed by atoms with E-state index >= 15 is 0 Å². The van der Waals surface area contributed by atoms with Crippen molar-refractivity contribution < 1.29 is 4.42 Å². The Kier molecular flexibility index (Phi) is 8.85. The lowest BCUT2D eigenvalue weighted by Gasteiger charge is -2.22. The van der Waals surface area contributed by atoms with Crippen molar-refractivity contribution in [2.45, 2.75) is 44.7 Å². The maximum Gasteiger partial charge on any atom is 0.191 e. The van der Waals surface area contributed by atoms with E-state index in [2.05, 4.69) is 36.6 Å². The van der Waals surface area contributed by atoms with Gasteiger partial charge in [0.25, 0.3) is 0 Å². The van der Waals surface area contributed by atoms with Crippen molar-refractivity contribution in [2.24, 2.45) is 4.99 Å². The van der Waals surface area contributed by atoms with Gasteiger partial charge in [-0.3, -0.25) is 9.89 Å². The van der Waals surface area contributed by atoms with Gasteiger partial charge in [-0.25, -0.2) is 0 Å². The largest absolute Gasteiger partial charge is 0.468 e. The van der Waals surface area contributed by atoms with Gasteiger partial charge in [0, 0.05) is 12.6 Å². The maximum atomic E-state index is 5.53. The van der Waals surface area contributed by atoms with Crippen LogP contribution in [0.4, 0.5) is 0 Å². The van der Waals surface area contributed by atoms with Crippen LogP contribution in [-0.4, -0.2) is 44.1 Å². The highest BCUT2D eigenvalue weighted by molar-refractivity contribution is 14.0. The van der Waals surface area contributed by atoms with Crippen LogP contribution in [0.2, 0.25) is 0 Å². The third-order valence-electron chi connectivity index (χ3n) is 3.96. The summed E-state index contributed by atoms with van der Waals surface area (Å²) in [6.45, 7) is 3.66. The van der Waals surface area contributed by atoms with Crippen LogP contribution < -0.4 is 10.6 Å². The first kappa shape index (κ1) is 19.3. The van der Waals surface area contributed by atoms with Crippen LogP contribution in [-0.2, 0) is 0 Å². The molecule has 0 amide bonds. The third kappa shape index (κ3) is 5.79. The van der Waals surface area contributed by atoms with Crippen molar-refractivity contribution in [1.29, 1.82) is 0 Å². The molecule has 0 aliphatic heterocycles.